The molecular formula is C28H34N3P. The van der Waals surface area contributed by atoms with Crippen LogP contribution in [0.4, 0.5) is 11.4 Å². The molecule has 3 nitrogen and oxygen atoms in total. The molecule has 1 atom stereocenters. The zero-order chi connectivity index (χ0) is 22.8. The highest BCUT2D eigenvalue weighted by molar-refractivity contribution is 7.74. The summed E-state index contributed by atoms with van der Waals surface area (Å²) >= 11 is 0. The summed E-state index contributed by atoms with van der Waals surface area (Å²) in [5.41, 5.74) is 4.92. The van der Waals surface area contributed by atoms with Crippen molar-refractivity contribution in [1.29, 1.82) is 0 Å². The zero-order valence-corrected chi connectivity index (χ0v) is 20.8. The summed E-state index contributed by atoms with van der Waals surface area (Å²) in [5.74, 6) is 2.52. The van der Waals surface area contributed by atoms with Gasteiger partial charge in [-0.1, -0.05) is 94.4 Å². The molecule has 0 fully saturated rings. The van der Waals surface area contributed by atoms with Crippen molar-refractivity contribution in [1.82, 2.24) is 4.67 Å². The molecule has 1 aliphatic rings. The first-order valence-corrected chi connectivity index (χ1v) is 13.2. The second-order valence-electron chi connectivity index (χ2n) is 8.77. The maximum absolute atomic E-state index is 5.56. The van der Waals surface area contributed by atoms with Crippen molar-refractivity contribution in [3.05, 3.63) is 102 Å². The van der Waals surface area contributed by atoms with Crippen molar-refractivity contribution in [2.45, 2.75) is 33.1 Å². The minimum atomic E-state index is -2.22. The number of fused-ring (bicyclic) bond motifs is 1. The fourth-order valence-electron chi connectivity index (χ4n) is 4.84. The van der Waals surface area contributed by atoms with Crippen LogP contribution in [-0.2, 0) is 5.41 Å². The molecule has 1 aliphatic heterocycles. The van der Waals surface area contributed by atoms with Gasteiger partial charge in [0.15, 0.2) is 0 Å². The van der Waals surface area contributed by atoms with Gasteiger partial charge in [0.25, 0.3) is 0 Å². The van der Waals surface area contributed by atoms with Gasteiger partial charge in [0.05, 0.1) is 12.9 Å². The summed E-state index contributed by atoms with van der Waals surface area (Å²) in [4.78, 5) is 2.37. The van der Waals surface area contributed by atoms with E-state index in [9.17, 15) is 0 Å². The monoisotopic (exact) mass is 443 g/mol. The van der Waals surface area contributed by atoms with Gasteiger partial charge in [-0.3, -0.25) is 4.67 Å². The van der Waals surface area contributed by atoms with Crippen LogP contribution < -0.4 is 10.2 Å². The van der Waals surface area contributed by atoms with Gasteiger partial charge in [-0.2, -0.15) is 0 Å². The summed E-state index contributed by atoms with van der Waals surface area (Å²) in [5, 5.41) is 1.29. The number of allylic oxidation sites excluding steroid dienone is 1. The lowest BCUT2D eigenvalue weighted by atomic mass is 9.84. The summed E-state index contributed by atoms with van der Waals surface area (Å²) < 4.78 is 8.13. The standard InChI is InChI=1S/C28H34N3P/c1-6-31(7-2)32(24-18-12-9-13-19-24,29-23-16-10-8-11-17-23)22-27-28(3,4)25-20-14-15-21-26(25)30(27)5/h8-22H,6-7H2,1-5H3. The highest BCUT2D eigenvalue weighted by Gasteiger charge is 2.40. The van der Waals surface area contributed by atoms with E-state index in [-0.39, 0.29) is 5.41 Å². The lowest BCUT2D eigenvalue weighted by molar-refractivity contribution is 0.508. The number of anilines is 1. The molecule has 0 spiro atoms. The van der Waals surface area contributed by atoms with E-state index in [0.717, 1.165) is 18.8 Å². The fraction of sp³-hybridized carbons (Fsp3) is 0.286. The normalized spacial score (nSPS) is 17.9. The number of para-hydroxylation sites is 1. The van der Waals surface area contributed by atoms with Crippen LogP contribution in [0.2, 0.25) is 0 Å². The van der Waals surface area contributed by atoms with Crippen molar-refractivity contribution in [2.24, 2.45) is 4.74 Å². The molecular weight excluding hydrogens is 409 g/mol. The Morgan fingerprint density at radius 1 is 0.844 bits per heavy atom. The molecule has 0 N–H and O–H groups in total. The van der Waals surface area contributed by atoms with Crippen molar-refractivity contribution in [3.63, 3.8) is 0 Å². The SMILES string of the molecule is CCN(CC)P(C=C1N(C)c2ccccc2C1(C)C)(=Nc1ccccc1)c1ccccc1. The van der Waals surface area contributed by atoms with Crippen LogP contribution in [0.25, 0.3) is 0 Å². The maximum atomic E-state index is 5.56. The molecule has 4 heteroatoms. The number of benzene rings is 3. The third kappa shape index (κ3) is 3.85. The minimum absolute atomic E-state index is 0.0925. The minimum Gasteiger partial charge on any atom is -0.347 e. The molecule has 0 aliphatic carbocycles. The molecule has 0 amide bonds. The first kappa shape index (κ1) is 22.6. The van der Waals surface area contributed by atoms with Gasteiger partial charge < -0.3 is 4.90 Å². The number of likely N-dealkylation sites (N-methyl/N-ethyl adjacent to an activating group) is 1. The molecule has 0 saturated carbocycles. The number of hydrogen-bond donors (Lipinski definition) is 0. The molecule has 0 aromatic heterocycles. The molecule has 166 valence electrons. The summed E-state index contributed by atoms with van der Waals surface area (Å²) in [6.45, 7) is 11.1. The van der Waals surface area contributed by atoms with Crippen LogP contribution in [0.15, 0.2) is 101 Å². The second kappa shape index (κ2) is 9.10. The van der Waals surface area contributed by atoms with Gasteiger partial charge in [0, 0.05) is 42.2 Å². The van der Waals surface area contributed by atoms with Crippen LogP contribution in [0.3, 0.4) is 0 Å². The summed E-state index contributed by atoms with van der Waals surface area (Å²) in [6, 6.07) is 30.1. The Morgan fingerprint density at radius 2 is 1.41 bits per heavy atom. The topological polar surface area (TPSA) is 18.8 Å². The Kier molecular flexibility index (Phi) is 6.42. The maximum Gasteiger partial charge on any atom is 0.0897 e. The number of hydrogen-bond acceptors (Lipinski definition) is 2. The third-order valence-corrected chi connectivity index (χ3v) is 10.2. The van der Waals surface area contributed by atoms with Crippen molar-refractivity contribution in [2.75, 3.05) is 25.0 Å². The quantitative estimate of drug-likeness (QED) is 0.370. The van der Waals surface area contributed by atoms with E-state index < -0.39 is 7.21 Å². The Balaban J connectivity index is 2.06. The van der Waals surface area contributed by atoms with Crippen molar-refractivity contribution < 1.29 is 0 Å². The molecule has 0 bridgehead atoms. The van der Waals surface area contributed by atoms with E-state index >= 15 is 0 Å². The van der Waals surface area contributed by atoms with Crippen LogP contribution in [0, 0.1) is 0 Å². The first-order chi connectivity index (χ1) is 15.4. The summed E-state index contributed by atoms with van der Waals surface area (Å²) in [6.07, 6.45) is 0. The molecule has 3 aromatic carbocycles. The average molecular weight is 444 g/mol. The van der Waals surface area contributed by atoms with Crippen molar-refractivity contribution in [3.8, 4) is 0 Å². The zero-order valence-electron chi connectivity index (χ0n) is 19.9. The number of rotatable bonds is 6. The van der Waals surface area contributed by atoms with E-state index in [1.165, 1.54) is 22.3 Å². The van der Waals surface area contributed by atoms with Gasteiger partial charge in [-0.05, 0) is 29.6 Å². The van der Waals surface area contributed by atoms with E-state index in [0.29, 0.717) is 0 Å². The molecule has 32 heavy (non-hydrogen) atoms. The van der Waals surface area contributed by atoms with E-state index in [4.69, 9.17) is 4.74 Å². The van der Waals surface area contributed by atoms with Crippen LogP contribution >= 0.6 is 7.21 Å². The number of nitrogens with zero attached hydrogens (tertiary/aromatic N) is 3. The lowest BCUT2D eigenvalue weighted by Gasteiger charge is -2.36. The lowest BCUT2D eigenvalue weighted by Crippen LogP contribution is -2.28. The fourth-order valence-corrected chi connectivity index (χ4v) is 8.58. The predicted molar refractivity (Wildman–Crippen MR) is 140 cm³/mol. The predicted octanol–water partition coefficient (Wildman–Crippen LogP) is 7.37. The van der Waals surface area contributed by atoms with Crippen LogP contribution in [-0.4, -0.2) is 24.8 Å². The molecule has 0 radical (unpaired) electrons. The Hall–Kier alpha value is -2.61. The highest BCUT2D eigenvalue weighted by Crippen LogP contribution is 2.59. The smallest absolute Gasteiger partial charge is 0.0897 e. The van der Waals surface area contributed by atoms with E-state index in [1.807, 2.05) is 0 Å². The first-order valence-electron chi connectivity index (χ1n) is 11.5. The molecule has 1 unspecified atom stereocenters. The van der Waals surface area contributed by atoms with E-state index in [1.54, 1.807) is 0 Å². The summed E-state index contributed by atoms with van der Waals surface area (Å²) in [7, 11) is -0.0226. The Labute approximate surface area is 193 Å². The highest BCUT2D eigenvalue weighted by atomic mass is 31.2. The van der Waals surface area contributed by atoms with Gasteiger partial charge in [-0.25, -0.2) is 4.74 Å². The van der Waals surface area contributed by atoms with Gasteiger partial charge in [0.1, 0.15) is 0 Å². The second-order valence-corrected chi connectivity index (χ2v) is 11.6. The van der Waals surface area contributed by atoms with Crippen LogP contribution in [0.5, 0.6) is 0 Å². The molecule has 3 aromatic rings. The van der Waals surface area contributed by atoms with Gasteiger partial charge >= 0.3 is 0 Å². The molecule has 0 saturated heterocycles. The Morgan fingerprint density at radius 3 is 2.00 bits per heavy atom. The molecule has 1 heterocycles. The van der Waals surface area contributed by atoms with Gasteiger partial charge in [0.2, 0.25) is 0 Å². The third-order valence-electron chi connectivity index (χ3n) is 6.56. The largest absolute Gasteiger partial charge is 0.347 e. The van der Waals surface area contributed by atoms with E-state index in [2.05, 4.69) is 135 Å². The van der Waals surface area contributed by atoms with Crippen molar-refractivity contribution >= 4 is 23.9 Å². The Bertz CT molecular complexity index is 1150. The average Bonchev–Trinajstić information content (AvgIpc) is 3.01. The molecule has 4 rings (SSSR count). The van der Waals surface area contributed by atoms with Crippen LogP contribution in [0.1, 0.15) is 33.3 Å². The van der Waals surface area contributed by atoms with Gasteiger partial charge in [-0.15, -0.1) is 0 Å².